The van der Waals surface area contributed by atoms with Crippen LogP contribution in [0.15, 0.2) is 42.5 Å². The first-order valence-corrected chi connectivity index (χ1v) is 12.2. The molecule has 2 aromatic heterocycles. The van der Waals surface area contributed by atoms with E-state index >= 15 is 4.39 Å². The number of benzene rings is 2. The third-order valence-corrected chi connectivity index (χ3v) is 6.47. The molecule has 0 aliphatic carbocycles. The molecular formula is C29H30F2N4O4. The lowest BCUT2D eigenvalue weighted by Gasteiger charge is -2.30. The molecule has 204 valence electrons. The molecule has 10 heteroatoms. The standard InChI is InChI=1S/C29H30F2N4O4/c1-15-11-18-12-19(13-21(39-6)24(18)35-34-15)27(36)32-14-29(5,38)26-16(2)22(28(3,4)37)23(31)25(33-26)17-7-9-20(30)10-8-17/h7-13,37-38H,14H2,1-6H3,(H,32,36)/t29-/m1/s1. The van der Waals surface area contributed by atoms with Crippen LogP contribution in [0.1, 0.15) is 53.6 Å². The van der Waals surface area contributed by atoms with Gasteiger partial charge in [0.05, 0.1) is 30.6 Å². The zero-order valence-electron chi connectivity index (χ0n) is 22.6. The minimum atomic E-state index is -1.77. The first-order chi connectivity index (χ1) is 18.2. The van der Waals surface area contributed by atoms with Gasteiger partial charge in [-0.3, -0.25) is 4.79 Å². The number of aliphatic hydroxyl groups is 2. The number of carbonyl (C=O) groups excluding carboxylic acids is 1. The smallest absolute Gasteiger partial charge is 0.251 e. The lowest BCUT2D eigenvalue weighted by Crippen LogP contribution is -2.40. The lowest BCUT2D eigenvalue weighted by atomic mass is 9.86. The van der Waals surface area contributed by atoms with Crippen molar-refractivity contribution in [2.75, 3.05) is 13.7 Å². The molecule has 4 rings (SSSR count). The van der Waals surface area contributed by atoms with Crippen molar-refractivity contribution in [2.45, 2.75) is 45.8 Å². The molecule has 2 heterocycles. The number of carbonyl (C=O) groups is 1. The number of amides is 1. The number of aryl methyl sites for hydroxylation is 1. The quantitative estimate of drug-likeness (QED) is 0.319. The normalized spacial score (nSPS) is 13.3. The third-order valence-electron chi connectivity index (χ3n) is 6.47. The maximum Gasteiger partial charge on any atom is 0.251 e. The Morgan fingerprint density at radius 2 is 1.69 bits per heavy atom. The second-order valence-electron chi connectivity index (χ2n) is 10.2. The molecule has 1 amide bonds. The molecule has 0 fully saturated rings. The number of hydrogen-bond donors (Lipinski definition) is 3. The molecule has 1 atom stereocenters. The molecule has 4 aromatic rings. The molecule has 0 saturated carbocycles. The maximum atomic E-state index is 15.7. The average molecular weight is 537 g/mol. The van der Waals surface area contributed by atoms with Gasteiger partial charge >= 0.3 is 0 Å². The SMILES string of the molecule is COc1cc(C(=O)NC[C@@](C)(O)c2nc(-c3ccc(F)cc3)c(F)c(C(C)(C)O)c2C)cc2cc(C)nnc12. The van der Waals surface area contributed by atoms with Crippen LogP contribution in [0.3, 0.4) is 0 Å². The van der Waals surface area contributed by atoms with E-state index in [1.54, 1.807) is 26.0 Å². The van der Waals surface area contributed by atoms with E-state index in [-0.39, 0.29) is 40.2 Å². The van der Waals surface area contributed by atoms with Crippen LogP contribution in [0.2, 0.25) is 0 Å². The highest BCUT2D eigenvalue weighted by Crippen LogP contribution is 2.37. The molecule has 0 radical (unpaired) electrons. The molecule has 0 aliphatic rings. The minimum Gasteiger partial charge on any atom is -0.494 e. The summed E-state index contributed by atoms with van der Waals surface area (Å²) >= 11 is 0. The van der Waals surface area contributed by atoms with E-state index in [0.29, 0.717) is 22.3 Å². The Balaban J connectivity index is 1.72. The van der Waals surface area contributed by atoms with E-state index in [2.05, 4.69) is 20.5 Å². The number of aromatic nitrogens is 3. The Labute approximate surface area is 224 Å². The summed E-state index contributed by atoms with van der Waals surface area (Å²) in [5.74, 6) is -1.41. The van der Waals surface area contributed by atoms with Crippen LogP contribution >= 0.6 is 0 Å². The van der Waals surface area contributed by atoms with Gasteiger partial charge in [-0.25, -0.2) is 13.8 Å². The second kappa shape index (κ2) is 10.3. The van der Waals surface area contributed by atoms with Crippen molar-refractivity contribution >= 4 is 16.8 Å². The van der Waals surface area contributed by atoms with Crippen molar-refractivity contribution < 1.29 is 28.5 Å². The highest BCUT2D eigenvalue weighted by Gasteiger charge is 2.35. The van der Waals surface area contributed by atoms with Crippen molar-refractivity contribution in [1.82, 2.24) is 20.5 Å². The Morgan fingerprint density at radius 3 is 2.31 bits per heavy atom. The monoisotopic (exact) mass is 536 g/mol. The van der Waals surface area contributed by atoms with E-state index in [0.717, 1.165) is 0 Å². The number of pyridine rings is 1. The topological polar surface area (TPSA) is 117 Å². The summed E-state index contributed by atoms with van der Waals surface area (Å²) in [5, 5.41) is 33.8. The number of hydrogen-bond acceptors (Lipinski definition) is 7. The van der Waals surface area contributed by atoms with Crippen molar-refractivity contribution in [3.05, 3.63) is 82.2 Å². The van der Waals surface area contributed by atoms with Gasteiger partial charge in [-0.1, -0.05) is 0 Å². The predicted octanol–water partition coefficient (Wildman–Crippen LogP) is 4.46. The minimum absolute atomic E-state index is 0.0580. The van der Waals surface area contributed by atoms with E-state index in [1.807, 2.05) is 0 Å². The van der Waals surface area contributed by atoms with Gasteiger partial charge < -0.3 is 20.3 Å². The van der Waals surface area contributed by atoms with Gasteiger partial charge in [-0.15, -0.1) is 5.10 Å². The van der Waals surface area contributed by atoms with E-state index in [1.165, 1.54) is 58.2 Å². The number of halogens is 2. The van der Waals surface area contributed by atoms with Crippen LogP contribution in [0, 0.1) is 25.5 Å². The molecule has 0 bridgehead atoms. The second-order valence-corrected chi connectivity index (χ2v) is 10.2. The number of methoxy groups -OCH3 is 1. The summed E-state index contributed by atoms with van der Waals surface area (Å²) < 4.78 is 34.6. The molecule has 39 heavy (non-hydrogen) atoms. The largest absolute Gasteiger partial charge is 0.494 e. The van der Waals surface area contributed by atoms with Crippen LogP contribution in [0.25, 0.3) is 22.2 Å². The van der Waals surface area contributed by atoms with Gasteiger partial charge in [0.1, 0.15) is 28.4 Å². The van der Waals surface area contributed by atoms with E-state index in [9.17, 15) is 19.4 Å². The molecule has 0 unspecified atom stereocenters. The Hall–Kier alpha value is -4.02. The first kappa shape index (κ1) is 28.0. The number of fused-ring (bicyclic) bond motifs is 1. The fourth-order valence-corrected chi connectivity index (χ4v) is 4.65. The van der Waals surface area contributed by atoms with Gasteiger partial charge in [0.25, 0.3) is 5.91 Å². The third kappa shape index (κ3) is 5.57. The molecule has 0 aliphatic heterocycles. The van der Waals surface area contributed by atoms with Gasteiger partial charge in [0.2, 0.25) is 0 Å². The zero-order chi connectivity index (χ0) is 28.7. The Kier molecular flexibility index (Phi) is 7.38. The highest BCUT2D eigenvalue weighted by atomic mass is 19.1. The van der Waals surface area contributed by atoms with Crippen LogP contribution in [0.4, 0.5) is 8.78 Å². The predicted molar refractivity (Wildman–Crippen MR) is 142 cm³/mol. The summed E-state index contributed by atoms with van der Waals surface area (Å²) in [6, 6.07) is 10.0. The van der Waals surface area contributed by atoms with Crippen molar-refractivity contribution in [3.8, 4) is 17.0 Å². The van der Waals surface area contributed by atoms with Gasteiger partial charge in [-0.2, -0.15) is 5.10 Å². The van der Waals surface area contributed by atoms with Gasteiger partial charge in [-0.05, 0) is 82.6 Å². The first-order valence-electron chi connectivity index (χ1n) is 12.2. The fourth-order valence-electron chi connectivity index (χ4n) is 4.65. The van der Waals surface area contributed by atoms with Gasteiger partial charge in [0, 0.05) is 22.1 Å². The summed E-state index contributed by atoms with van der Waals surface area (Å²) in [6.45, 7) is 7.32. The molecular weight excluding hydrogens is 506 g/mol. The van der Waals surface area contributed by atoms with Gasteiger partial charge in [0.15, 0.2) is 5.82 Å². The van der Waals surface area contributed by atoms with E-state index in [4.69, 9.17) is 4.74 Å². The van der Waals surface area contributed by atoms with Crippen molar-refractivity contribution in [1.29, 1.82) is 0 Å². The van der Waals surface area contributed by atoms with Crippen molar-refractivity contribution in [3.63, 3.8) is 0 Å². The van der Waals surface area contributed by atoms with Crippen molar-refractivity contribution in [2.24, 2.45) is 0 Å². The highest BCUT2D eigenvalue weighted by molar-refractivity contribution is 5.99. The molecule has 0 spiro atoms. The van der Waals surface area contributed by atoms with Crippen LogP contribution < -0.4 is 10.1 Å². The summed E-state index contributed by atoms with van der Waals surface area (Å²) in [6.07, 6.45) is 0. The number of rotatable bonds is 7. The Bertz CT molecular complexity index is 1570. The summed E-state index contributed by atoms with van der Waals surface area (Å²) in [5.41, 5.74) is -1.61. The van der Waals surface area contributed by atoms with Crippen LogP contribution in [0.5, 0.6) is 5.75 Å². The van der Waals surface area contributed by atoms with Crippen LogP contribution in [-0.2, 0) is 11.2 Å². The van der Waals surface area contributed by atoms with Crippen LogP contribution in [-0.4, -0.2) is 45.0 Å². The molecule has 0 saturated heterocycles. The summed E-state index contributed by atoms with van der Waals surface area (Å²) in [7, 11) is 1.46. The molecule has 8 nitrogen and oxygen atoms in total. The summed E-state index contributed by atoms with van der Waals surface area (Å²) in [4.78, 5) is 17.5. The molecule has 3 N–H and O–H groups in total. The number of ether oxygens (including phenoxy) is 1. The fraction of sp³-hybridized carbons (Fsp3) is 0.310. The molecule has 2 aromatic carbocycles. The zero-order valence-corrected chi connectivity index (χ0v) is 22.6. The number of nitrogens with zero attached hydrogens (tertiary/aromatic N) is 3. The van der Waals surface area contributed by atoms with E-state index < -0.39 is 28.7 Å². The Morgan fingerprint density at radius 1 is 1.03 bits per heavy atom. The average Bonchev–Trinajstić information content (AvgIpc) is 2.86. The number of nitrogens with one attached hydrogen (secondary N) is 1. The maximum absolute atomic E-state index is 15.7. The lowest BCUT2D eigenvalue weighted by molar-refractivity contribution is 0.0460.